The fraction of sp³-hybridized carbons (Fsp3) is 0.133. The summed E-state index contributed by atoms with van der Waals surface area (Å²) in [6, 6.07) is 10.1. The minimum absolute atomic E-state index is 0.169. The van der Waals surface area contributed by atoms with Gasteiger partial charge >= 0.3 is 5.97 Å². The standard InChI is InChI=1S/C15H14BrNO4/c1-20-10-4-5-11(15(18)19)13(8-10)17-9-3-6-14(21-2)12(16)7-9/h3-8,17H,1-2H3,(H,18,19). The van der Waals surface area contributed by atoms with E-state index in [2.05, 4.69) is 21.2 Å². The summed E-state index contributed by atoms with van der Waals surface area (Å²) in [6.45, 7) is 0. The number of benzene rings is 2. The zero-order valence-corrected chi connectivity index (χ0v) is 13.1. The molecule has 0 bridgehead atoms. The maximum atomic E-state index is 11.3. The minimum atomic E-state index is -1.01. The van der Waals surface area contributed by atoms with Gasteiger partial charge in [0, 0.05) is 11.8 Å². The number of hydrogen-bond donors (Lipinski definition) is 2. The molecule has 0 aliphatic carbocycles. The summed E-state index contributed by atoms with van der Waals surface area (Å²) < 4.78 is 11.1. The number of hydrogen-bond acceptors (Lipinski definition) is 4. The van der Waals surface area contributed by atoms with Crippen LogP contribution in [-0.2, 0) is 0 Å². The molecule has 110 valence electrons. The highest BCUT2D eigenvalue weighted by Crippen LogP contribution is 2.31. The summed E-state index contributed by atoms with van der Waals surface area (Å²) >= 11 is 3.39. The quantitative estimate of drug-likeness (QED) is 0.854. The molecular weight excluding hydrogens is 338 g/mol. The third-order valence-electron chi connectivity index (χ3n) is 2.89. The fourth-order valence-electron chi connectivity index (χ4n) is 1.84. The van der Waals surface area contributed by atoms with E-state index in [1.165, 1.54) is 13.2 Å². The lowest BCUT2D eigenvalue weighted by atomic mass is 10.1. The van der Waals surface area contributed by atoms with Crippen LogP contribution in [0, 0.1) is 0 Å². The first kappa shape index (κ1) is 15.2. The van der Waals surface area contributed by atoms with E-state index in [0.29, 0.717) is 17.2 Å². The molecule has 0 saturated carbocycles. The van der Waals surface area contributed by atoms with Crippen molar-refractivity contribution in [2.45, 2.75) is 0 Å². The second-order valence-corrected chi connectivity index (χ2v) is 5.05. The van der Waals surface area contributed by atoms with Gasteiger partial charge in [-0.2, -0.15) is 0 Å². The lowest BCUT2D eigenvalue weighted by molar-refractivity contribution is 0.0698. The Labute approximate surface area is 130 Å². The topological polar surface area (TPSA) is 67.8 Å². The first-order valence-corrected chi connectivity index (χ1v) is 6.86. The summed E-state index contributed by atoms with van der Waals surface area (Å²) in [4.78, 5) is 11.3. The molecule has 2 aromatic rings. The number of methoxy groups -OCH3 is 2. The van der Waals surface area contributed by atoms with E-state index in [1.54, 1.807) is 31.4 Å². The van der Waals surface area contributed by atoms with Gasteiger partial charge < -0.3 is 19.9 Å². The number of anilines is 2. The van der Waals surface area contributed by atoms with Gasteiger partial charge in [0.05, 0.1) is 29.9 Å². The summed E-state index contributed by atoms with van der Waals surface area (Å²) in [5.74, 6) is 0.271. The van der Waals surface area contributed by atoms with E-state index in [1.807, 2.05) is 6.07 Å². The molecule has 0 saturated heterocycles. The Hall–Kier alpha value is -2.21. The van der Waals surface area contributed by atoms with Gasteiger partial charge in [-0.15, -0.1) is 0 Å². The number of nitrogens with one attached hydrogen (secondary N) is 1. The van der Waals surface area contributed by atoms with Crippen LogP contribution in [0.4, 0.5) is 11.4 Å². The highest BCUT2D eigenvalue weighted by atomic mass is 79.9. The summed E-state index contributed by atoms with van der Waals surface area (Å²) in [7, 11) is 3.11. The SMILES string of the molecule is COc1ccc(C(=O)O)c(Nc2ccc(OC)c(Br)c2)c1. The van der Waals surface area contributed by atoms with Crippen LogP contribution in [0.15, 0.2) is 40.9 Å². The molecule has 5 nitrogen and oxygen atoms in total. The van der Waals surface area contributed by atoms with Crippen LogP contribution in [0.3, 0.4) is 0 Å². The number of carbonyl (C=O) groups is 1. The molecule has 21 heavy (non-hydrogen) atoms. The molecule has 0 fully saturated rings. The highest BCUT2D eigenvalue weighted by molar-refractivity contribution is 9.10. The first-order chi connectivity index (χ1) is 10.0. The van der Waals surface area contributed by atoms with Crippen LogP contribution < -0.4 is 14.8 Å². The predicted molar refractivity (Wildman–Crippen MR) is 83.9 cm³/mol. The van der Waals surface area contributed by atoms with E-state index in [0.717, 1.165) is 10.2 Å². The van der Waals surface area contributed by atoms with Crippen molar-refractivity contribution in [3.8, 4) is 11.5 Å². The van der Waals surface area contributed by atoms with Crippen LogP contribution in [0.1, 0.15) is 10.4 Å². The second-order valence-electron chi connectivity index (χ2n) is 4.19. The Balaban J connectivity index is 2.37. The molecule has 0 aliphatic heterocycles. The summed E-state index contributed by atoms with van der Waals surface area (Å²) in [6.07, 6.45) is 0. The van der Waals surface area contributed by atoms with Crippen molar-refractivity contribution in [3.05, 3.63) is 46.4 Å². The van der Waals surface area contributed by atoms with E-state index in [-0.39, 0.29) is 5.56 Å². The van der Waals surface area contributed by atoms with Crippen molar-refractivity contribution in [3.63, 3.8) is 0 Å². The van der Waals surface area contributed by atoms with Crippen molar-refractivity contribution >= 4 is 33.3 Å². The Morgan fingerprint density at radius 3 is 2.48 bits per heavy atom. The molecule has 0 aliphatic rings. The molecule has 2 rings (SSSR count). The average Bonchev–Trinajstić information content (AvgIpc) is 2.47. The molecule has 0 unspecified atom stereocenters. The molecule has 2 N–H and O–H groups in total. The van der Waals surface area contributed by atoms with E-state index >= 15 is 0 Å². The maximum Gasteiger partial charge on any atom is 0.337 e. The molecule has 0 heterocycles. The largest absolute Gasteiger partial charge is 0.497 e. The molecule has 2 aromatic carbocycles. The smallest absolute Gasteiger partial charge is 0.337 e. The molecule has 0 radical (unpaired) electrons. The lowest BCUT2D eigenvalue weighted by Gasteiger charge is -2.12. The van der Waals surface area contributed by atoms with Crippen molar-refractivity contribution in [2.75, 3.05) is 19.5 Å². The molecular formula is C15H14BrNO4. The zero-order chi connectivity index (χ0) is 15.4. The number of aromatic carboxylic acids is 1. The van der Waals surface area contributed by atoms with E-state index in [4.69, 9.17) is 9.47 Å². The van der Waals surface area contributed by atoms with Gasteiger partial charge in [-0.25, -0.2) is 4.79 Å². The Kier molecular flexibility index (Phi) is 4.70. The van der Waals surface area contributed by atoms with Gasteiger partial charge in [0.25, 0.3) is 0 Å². The van der Waals surface area contributed by atoms with Crippen molar-refractivity contribution in [1.29, 1.82) is 0 Å². The van der Waals surface area contributed by atoms with Gasteiger partial charge in [-0.3, -0.25) is 0 Å². The lowest BCUT2D eigenvalue weighted by Crippen LogP contribution is -2.03. The van der Waals surface area contributed by atoms with Gasteiger partial charge in [0.15, 0.2) is 0 Å². The third-order valence-corrected chi connectivity index (χ3v) is 3.51. The minimum Gasteiger partial charge on any atom is -0.497 e. The molecule has 6 heteroatoms. The second kappa shape index (κ2) is 6.49. The Morgan fingerprint density at radius 2 is 1.90 bits per heavy atom. The van der Waals surface area contributed by atoms with Crippen LogP contribution in [0.25, 0.3) is 0 Å². The van der Waals surface area contributed by atoms with Gasteiger partial charge in [-0.1, -0.05) is 0 Å². The van der Waals surface area contributed by atoms with Crippen LogP contribution in [-0.4, -0.2) is 25.3 Å². The zero-order valence-electron chi connectivity index (χ0n) is 11.5. The monoisotopic (exact) mass is 351 g/mol. The number of carboxylic acids is 1. The van der Waals surface area contributed by atoms with Crippen molar-refractivity contribution < 1.29 is 19.4 Å². The molecule has 0 amide bonds. The Morgan fingerprint density at radius 1 is 1.14 bits per heavy atom. The van der Waals surface area contributed by atoms with E-state index < -0.39 is 5.97 Å². The van der Waals surface area contributed by atoms with Gasteiger partial charge in [0.2, 0.25) is 0 Å². The number of rotatable bonds is 5. The number of carboxylic acid groups (broad SMARTS) is 1. The maximum absolute atomic E-state index is 11.3. The molecule has 0 atom stereocenters. The van der Waals surface area contributed by atoms with Crippen LogP contribution >= 0.6 is 15.9 Å². The number of halogens is 1. The molecule has 0 aromatic heterocycles. The summed E-state index contributed by atoms with van der Waals surface area (Å²) in [5, 5.41) is 12.3. The third kappa shape index (κ3) is 3.46. The predicted octanol–water partition coefficient (Wildman–Crippen LogP) is 3.91. The average molecular weight is 352 g/mol. The van der Waals surface area contributed by atoms with Crippen molar-refractivity contribution in [2.24, 2.45) is 0 Å². The van der Waals surface area contributed by atoms with Gasteiger partial charge in [0.1, 0.15) is 11.5 Å². The van der Waals surface area contributed by atoms with Crippen molar-refractivity contribution in [1.82, 2.24) is 0 Å². The van der Waals surface area contributed by atoms with Gasteiger partial charge in [-0.05, 0) is 46.3 Å². The van der Waals surface area contributed by atoms with Crippen LogP contribution in [0.5, 0.6) is 11.5 Å². The normalized spacial score (nSPS) is 10.0. The van der Waals surface area contributed by atoms with E-state index in [9.17, 15) is 9.90 Å². The number of ether oxygens (including phenoxy) is 2. The molecule has 0 spiro atoms. The Bertz CT molecular complexity index is 673. The highest BCUT2D eigenvalue weighted by Gasteiger charge is 2.12. The van der Waals surface area contributed by atoms with Crippen LogP contribution in [0.2, 0.25) is 0 Å². The first-order valence-electron chi connectivity index (χ1n) is 6.07. The fourth-order valence-corrected chi connectivity index (χ4v) is 2.38. The summed E-state index contributed by atoms with van der Waals surface area (Å²) in [5.41, 5.74) is 1.36.